The van der Waals surface area contributed by atoms with Gasteiger partial charge in [0.05, 0.1) is 30.7 Å². The van der Waals surface area contributed by atoms with Crippen molar-refractivity contribution in [3.05, 3.63) is 69.6 Å². The fraction of sp³-hybridized carbons (Fsp3) is 0.409. The van der Waals surface area contributed by atoms with Gasteiger partial charge >= 0.3 is 0 Å². The molecule has 29 heavy (non-hydrogen) atoms. The van der Waals surface area contributed by atoms with E-state index in [1.807, 2.05) is 42.2 Å². The molecule has 1 aromatic heterocycles. The Kier molecular flexibility index (Phi) is 4.10. The maximum atomic E-state index is 13.3. The lowest BCUT2D eigenvalue weighted by Gasteiger charge is -2.33. The molecule has 1 N–H and O–H groups in total. The number of nitrogens with zero attached hydrogens (tertiary/aromatic N) is 2. The fourth-order valence-corrected chi connectivity index (χ4v) is 5.16. The maximum Gasteiger partial charge on any atom is 0.256 e. The predicted molar refractivity (Wildman–Crippen MR) is 105 cm³/mol. The monoisotopic (exact) mass is 393 g/mol. The lowest BCUT2D eigenvalue weighted by Crippen LogP contribution is -2.49. The molecular weight excluding hydrogens is 370 g/mol. The zero-order valence-electron chi connectivity index (χ0n) is 16.3. The van der Waals surface area contributed by atoms with E-state index in [1.165, 1.54) is 6.07 Å². The minimum absolute atomic E-state index is 0.0241. The molecule has 7 nitrogen and oxygen atoms in total. The van der Waals surface area contributed by atoms with E-state index in [4.69, 9.17) is 4.74 Å². The van der Waals surface area contributed by atoms with Crippen LogP contribution in [0.2, 0.25) is 0 Å². The Labute approximate surface area is 168 Å². The SMILES string of the molecule is CCc1[nH]c(=O)ccc1C(=O)N1CC[C@@]23OC[C@@H](c4ccccc4)N2C(=O)C[C@@H]13. The molecule has 2 amide bonds. The van der Waals surface area contributed by atoms with Gasteiger partial charge in [0.15, 0.2) is 5.72 Å². The van der Waals surface area contributed by atoms with Crippen molar-refractivity contribution >= 4 is 11.8 Å². The minimum atomic E-state index is -0.748. The highest BCUT2D eigenvalue weighted by atomic mass is 16.5. The van der Waals surface area contributed by atoms with Crippen molar-refractivity contribution in [2.75, 3.05) is 13.2 Å². The molecule has 7 heteroatoms. The summed E-state index contributed by atoms with van der Waals surface area (Å²) in [5.74, 6) is -0.127. The zero-order valence-corrected chi connectivity index (χ0v) is 16.3. The zero-order chi connectivity index (χ0) is 20.2. The highest BCUT2D eigenvalue weighted by Crippen LogP contribution is 2.51. The molecule has 3 fully saturated rings. The summed E-state index contributed by atoms with van der Waals surface area (Å²) < 4.78 is 6.27. The highest BCUT2D eigenvalue weighted by molar-refractivity contribution is 5.96. The molecule has 0 bridgehead atoms. The van der Waals surface area contributed by atoms with Gasteiger partial charge in [-0.3, -0.25) is 14.4 Å². The number of nitrogens with one attached hydrogen (secondary N) is 1. The van der Waals surface area contributed by atoms with Gasteiger partial charge in [-0.2, -0.15) is 0 Å². The molecule has 3 aliphatic rings. The molecule has 0 saturated carbocycles. The number of H-pyrrole nitrogens is 1. The molecule has 1 spiro atoms. The van der Waals surface area contributed by atoms with Crippen molar-refractivity contribution in [3.63, 3.8) is 0 Å². The van der Waals surface area contributed by atoms with Crippen LogP contribution < -0.4 is 5.56 Å². The van der Waals surface area contributed by atoms with Crippen LogP contribution in [-0.4, -0.2) is 51.5 Å². The van der Waals surface area contributed by atoms with Crippen LogP contribution in [0.3, 0.4) is 0 Å². The summed E-state index contributed by atoms with van der Waals surface area (Å²) in [5, 5.41) is 0. The van der Waals surface area contributed by atoms with Gasteiger partial charge in [0.1, 0.15) is 0 Å². The van der Waals surface area contributed by atoms with Gasteiger partial charge in [-0.15, -0.1) is 0 Å². The van der Waals surface area contributed by atoms with Crippen molar-refractivity contribution in [2.45, 2.75) is 44.0 Å². The number of likely N-dealkylation sites (tertiary alicyclic amines) is 1. The van der Waals surface area contributed by atoms with Crippen LogP contribution in [-0.2, 0) is 16.0 Å². The average Bonchev–Trinajstić information content (AvgIpc) is 3.37. The number of rotatable bonds is 3. The van der Waals surface area contributed by atoms with E-state index in [-0.39, 0.29) is 35.9 Å². The molecule has 2 aromatic rings. The number of carbonyl (C=O) groups excluding carboxylic acids is 2. The Bertz CT molecular complexity index is 1030. The highest BCUT2D eigenvalue weighted by Gasteiger charge is 2.65. The van der Waals surface area contributed by atoms with Crippen LogP contribution in [0.1, 0.15) is 47.4 Å². The van der Waals surface area contributed by atoms with Gasteiger partial charge < -0.3 is 19.5 Å². The van der Waals surface area contributed by atoms with Gasteiger partial charge in [0.25, 0.3) is 5.91 Å². The smallest absolute Gasteiger partial charge is 0.256 e. The third kappa shape index (κ3) is 2.57. The summed E-state index contributed by atoms with van der Waals surface area (Å²) in [7, 11) is 0. The van der Waals surface area contributed by atoms with Crippen LogP contribution in [0.5, 0.6) is 0 Å². The first kappa shape index (κ1) is 18.1. The third-order valence-electron chi connectivity index (χ3n) is 6.48. The van der Waals surface area contributed by atoms with E-state index < -0.39 is 5.72 Å². The van der Waals surface area contributed by atoms with E-state index >= 15 is 0 Å². The summed E-state index contributed by atoms with van der Waals surface area (Å²) in [6, 6.07) is 12.4. The normalized spacial score (nSPS) is 28.0. The second-order valence-corrected chi connectivity index (χ2v) is 7.88. The Morgan fingerprint density at radius 1 is 1.21 bits per heavy atom. The number of aryl methyl sites for hydroxylation is 1. The molecule has 5 rings (SSSR count). The largest absolute Gasteiger partial charge is 0.351 e. The number of hydrogen-bond donors (Lipinski definition) is 1. The summed E-state index contributed by atoms with van der Waals surface area (Å²) >= 11 is 0. The molecular formula is C22H23N3O4. The van der Waals surface area contributed by atoms with E-state index in [0.29, 0.717) is 37.3 Å². The Morgan fingerprint density at radius 3 is 2.76 bits per heavy atom. The third-order valence-corrected chi connectivity index (χ3v) is 6.48. The van der Waals surface area contributed by atoms with Crippen molar-refractivity contribution in [1.82, 2.24) is 14.8 Å². The predicted octanol–water partition coefficient (Wildman–Crippen LogP) is 1.85. The topological polar surface area (TPSA) is 82.7 Å². The molecule has 150 valence electrons. The summed E-state index contributed by atoms with van der Waals surface area (Å²) in [5.41, 5.74) is 1.20. The van der Waals surface area contributed by atoms with Crippen LogP contribution >= 0.6 is 0 Å². The number of benzene rings is 1. The lowest BCUT2D eigenvalue weighted by molar-refractivity contribution is -0.138. The van der Waals surface area contributed by atoms with Crippen molar-refractivity contribution in [3.8, 4) is 0 Å². The first-order chi connectivity index (χ1) is 14.0. The minimum Gasteiger partial charge on any atom is -0.351 e. The number of hydrogen-bond acceptors (Lipinski definition) is 4. The van der Waals surface area contributed by atoms with Gasteiger partial charge in [0.2, 0.25) is 11.5 Å². The van der Waals surface area contributed by atoms with Gasteiger partial charge in [-0.1, -0.05) is 37.3 Å². The average molecular weight is 393 g/mol. The maximum absolute atomic E-state index is 13.3. The molecule has 4 heterocycles. The number of aromatic amines is 1. The van der Waals surface area contributed by atoms with Crippen LogP contribution in [0, 0.1) is 0 Å². The van der Waals surface area contributed by atoms with Crippen LogP contribution in [0.15, 0.2) is 47.3 Å². The summed E-state index contributed by atoms with van der Waals surface area (Å²) in [4.78, 5) is 44.4. The number of amides is 2. The Hall–Kier alpha value is -2.93. The Balaban J connectivity index is 1.47. The molecule has 0 aliphatic carbocycles. The summed E-state index contributed by atoms with van der Waals surface area (Å²) in [6.45, 7) is 2.86. The number of pyridine rings is 1. The number of ether oxygens (including phenoxy) is 1. The second-order valence-electron chi connectivity index (χ2n) is 7.88. The summed E-state index contributed by atoms with van der Waals surface area (Å²) in [6.07, 6.45) is 1.42. The van der Waals surface area contributed by atoms with Crippen molar-refractivity contribution < 1.29 is 14.3 Å². The van der Waals surface area contributed by atoms with E-state index in [0.717, 1.165) is 5.56 Å². The fourth-order valence-electron chi connectivity index (χ4n) is 5.16. The van der Waals surface area contributed by atoms with Gasteiger partial charge in [0, 0.05) is 24.7 Å². The van der Waals surface area contributed by atoms with Crippen LogP contribution in [0.4, 0.5) is 0 Å². The lowest BCUT2D eigenvalue weighted by atomic mass is 10.0. The molecule has 0 unspecified atom stereocenters. The van der Waals surface area contributed by atoms with Crippen molar-refractivity contribution in [2.24, 2.45) is 0 Å². The van der Waals surface area contributed by atoms with Crippen molar-refractivity contribution in [1.29, 1.82) is 0 Å². The molecule has 1 aromatic carbocycles. The molecule has 0 radical (unpaired) electrons. The van der Waals surface area contributed by atoms with E-state index in [2.05, 4.69) is 4.98 Å². The van der Waals surface area contributed by atoms with E-state index in [9.17, 15) is 14.4 Å². The first-order valence-corrected chi connectivity index (χ1v) is 10.1. The van der Waals surface area contributed by atoms with E-state index in [1.54, 1.807) is 11.0 Å². The number of carbonyl (C=O) groups is 2. The molecule has 3 saturated heterocycles. The second kappa shape index (κ2) is 6.56. The van der Waals surface area contributed by atoms with Crippen LogP contribution in [0.25, 0.3) is 0 Å². The molecule has 3 atom stereocenters. The van der Waals surface area contributed by atoms with Gasteiger partial charge in [-0.25, -0.2) is 0 Å². The first-order valence-electron chi connectivity index (χ1n) is 10.1. The Morgan fingerprint density at radius 2 is 2.00 bits per heavy atom. The quantitative estimate of drug-likeness (QED) is 0.863. The van der Waals surface area contributed by atoms with Gasteiger partial charge in [-0.05, 0) is 18.1 Å². The standard InChI is InChI=1S/C22H23N3O4/c1-2-16-15(8-9-19(26)23-16)21(28)24-11-10-22-18(24)12-20(27)25(22)17(13-29-22)14-6-4-3-5-7-14/h3-9,17-18H,2,10-13H2,1H3,(H,23,26)/t17-,18+,22-/m0/s1. The number of aromatic nitrogens is 1. The molecule has 3 aliphatic heterocycles.